The topological polar surface area (TPSA) is 54.9 Å². The molecule has 0 aliphatic carbocycles. The highest BCUT2D eigenvalue weighted by molar-refractivity contribution is 5.80. The number of nitrogens with one attached hydrogen (secondary N) is 2. The third-order valence-corrected chi connectivity index (χ3v) is 3.71. The van der Waals surface area contributed by atoms with Crippen LogP contribution in [0.5, 0.6) is 5.75 Å². The van der Waals surface area contributed by atoms with Crippen LogP contribution in [0, 0.1) is 0 Å². The maximum atomic E-state index is 5.89. The van der Waals surface area contributed by atoms with Crippen molar-refractivity contribution < 1.29 is 9.47 Å². The van der Waals surface area contributed by atoms with Crippen molar-refractivity contribution in [3.63, 3.8) is 0 Å². The second-order valence-electron chi connectivity index (χ2n) is 6.12. The molecule has 26 heavy (non-hydrogen) atoms. The molecule has 0 amide bonds. The van der Waals surface area contributed by atoms with E-state index in [4.69, 9.17) is 9.47 Å². The largest absolute Gasteiger partial charge is 0.489 e. The van der Waals surface area contributed by atoms with E-state index in [9.17, 15) is 0 Å². The van der Waals surface area contributed by atoms with Crippen molar-refractivity contribution in [2.45, 2.75) is 33.0 Å². The van der Waals surface area contributed by atoms with E-state index < -0.39 is 0 Å². The van der Waals surface area contributed by atoms with Gasteiger partial charge in [0.25, 0.3) is 0 Å². The van der Waals surface area contributed by atoms with Crippen molar-refractivity contribution >= 4 is 5.96 Å². The lowest BCUT2D eigenvalue weighted by Crippen LogP contribution is -2.43. The van der Waals surface area contributed by atoms with E-state index in [0.29, 0.717) is 19.8 Å². The van der Waals surface area contributed by atoms with Crippen molar-refractivity contribution in [3.05, 3.63) is 65.7 Å². The molecule has 2 N–H and O–H groups in total. The number of benzene rings is 2. The molecular formula is C21H29N3O2. The lowest BCUT2D eigenvalue weighted by atomic mass is 10.2. The molecule has 0 aliphatic heterocycles. The Balaban J connectivity index is 1.94. The van der Waals surface area contributed by atoms with Gasteiger partial charge in [-0.1, -0.05) is 42.5 Å². The van der Waals surface area contributed by atoms with Crippen LogP contribution < -0.4 is 15.4 Å². The van der Waals surface area contributed by atoms with Crippen LogP contribution in [-0.2, 0) is 17.9 Å². The van der Waals surface area contributed by atoms with Crippen molar-refractivity contribution in [1.82, 2.24) is 10.6 Å². The fourth-order valence-corrected chi connectivity index (χ4v) is 2.49. The fourth-order valence-electron chi connectivity index (χ4n) is 2.49. The highest BCUT2D eigenvalue weighted by Gasteiger charge is 2.04. The number of hydrogen-bond donors (Lipinski definition) is 2. The van der Waals surface area contributed by atoms with Crippen LogP contribution in [-0.4, -0.2) is 32.3 Å². The quantitative estimate of drug-likeness (QED) is 0.535. The van der Waals surface area contributed by atoms with Gasteiger partial charge in [0.2, 0.25) is 0 Å². The number of nitrogens with zero attached hydrogens (tertiary/aromatic N) is 1. The van der Waals surface area contributed by atoms with Crippen molar-refractivity contribution in [1.29, 1.82) is 0 Å². The molecule has 2 aromatic rings. The summed E-state index contributed by atoms with van der Waals surface area (Å²) in [5.41, 5.74) is 2.26. The number of hydrogen-bond acceptors (Lipinski definition) is 3. The predicted octanol–water partition coefficient (Wildman–Crippen LogP) is 3.36. The molecule has 1 atom stereocenters. The monoisotopic (exact) mass is 355 g/mol. The Labute approximate surface area is 156 Å². The van der Waals surface area contributed by atoms with Gasteiger partial charge in [0, 0.05) is 19.7 Å². The van der Waals surface area contributed by atoms with Crippen LogP contribution in [0.15, 0.2) is 59.6 Å². The van der Waals surface area contributed by atoms with Crippen LogP contribution in [0.1, 0.15) is 25.0 Å². The fraction of sp³-hybridized carbons (Fsp3) is 0.381. The van der Waals surface area contributed by atoms with Crippen LogP contribution in [0.2, 0.25) is 0 Å². The molecule has 2 aromatic carbocycles. The van der Waals surface area contributed by atoms with E-state index in [2.05, 4.69) is 47.7 Å². The Hall–Kier alpha value is -2.53. The SMILES string of the molecule is CCNC(=NCc1cccc(OCc2ccccc2)c1)NC(C)COC. The summed E-state index contributed by atoms with van der Waals surface area (Å²) in [7, 11) is 1.70. The summed E-state index contributed by atoms with van der Waals surface area (Å²) in [5, 5.41) is 6.59. The standard InChI is InChI=1S/C21H29N3O2/c1-4-22-21(24-17(2)15-25-3)23-14-19-11-8-12-20(13-19)26-16-18-9-6-5-7-10-18/h5-13,17H,4,14-16H2,1-3H3,(H2,22,23,24). The lowest BCUT2D eigenvalue weighted by molar-refractivity contribution is 0.179. The first-order chi connectivity index (χ1) is 12.7. The summed E-state index contributed by atoms with van der Waals surface area (Å²) >= 11 is 0. The van der Waals surface area contributed by atoms with Crippen molar-refractivity contribution in [2.75, 3.05) is 20.3 Å². The van der Waals surface area contributed by atoms with E-state index in [0.717, 1.165) is 29.4 Å². The van der Waals surface area contributed by atoms with Gasteiger partial charge >= 0.3 is 0 Å². The summed E-state index contributed by atoms with van der Waals surface area (Å²) in [4.78, 5) is 4.65. The van der Waals surface area contributed by atoms with Gasteiger partial charge in [-0.3, -0.25) is 0 Å². The maximum Gasteiger partial charge on any atom is 0.191 e. The molecule has 0 fully saturated rings. The van der Waals surface area contributed by atoms with Crippen LogP contribution in [0.4, 0.5) is 0 Å². The lowest BCUT2D eigenvalue weighted by Gasteiger charge is -2.17. The summed E-state index contributed by atoms with van der Waals surface area (Å²) < 4.78 is 11.0. The molecule has 0 radical (unpaired) electrons. The minimum absolute atomic E-state index is 0.193. The molecule has 2 rings (SSSR count). The molecular weight excluding hydrogens is 326 g/mol. The minimum Gasteiger partial charge on any atom is -0.489 e. The first kappa shape index (κ1) is 19.8. The van der Waals surface area contributed by atoms with Gasteiger partial charge < -0.3 is 20.1 Å². The van der Waals surface area contributed by atoms with Gasteiger partial charge in [-0.25, -0.2) is 4.99 Å². The van der Waals surface area contributed by atoms with Gasteiger partial charge in [0.15, 0.2) is 5.96 Å². The van der Waals surface area contributed by atoms with Gasteiger partial charge in [0.05, 0.1) is 13.2 Å². The maximum absolute atomic E-state index is 5.89. The number of aliphatic imine (C=N–C) groups is 1. The van der Waals surface area contributed by atoms with E-state index >= 15 is 0 Å². The summed E-state index contributed by atoms with van der Waals surface area (Å²) in [6, 6.07) is 18.4. The molecule has 0 bridgehead atoms. The smallest absolute Gasteiger partial charge is 0.191 e. The summed E-state index contributed by atoms with van der Waals surface area (Å²) in [5.74, 6) is 1.64. The number of methoxy groups -OCH3 is 1. The molecule has 5 nitrogen and oxygen atoms in total. The van der Waals surface area contributed by atoms with Crippen LogP contribution in [0.3, 0.4) is 0 Å². The van der Waals surface area contributed by atoms with E-state index in [-0.39, 0.29) is 6.04 Å². The highest BCUT2D eigenvalue weighted by atomic mass is 16.5. The van der Waals surface area contributed by atoms with Crippen molar-refractivity contribution in [2.24, 2.45) is 4.99 Å². The third kappa shape index (κ3) is 7.15. The molecule has 1 unspecified atom stereocenters. The first-order valence-electron chi connectivity index (χ1n) is 9.00. The Morgan fingerprint density at radius 2 is 1.85 bits per heavy atom. The van der Waals surface area contributed by atoms with Gasteiger partial charge in [-0.15, -0.1) is 0 Å². The number of ether oxygens (including phenoxy) is 2. The molecule has 0 heterocycles. The average molecular weight is 355 g/mol. The predicted molar refractivity (Wildman–Crippen MR) is 107 cm³/mol. The summed E-state index contributed by atoms with van der Waals surface area (Å²) in [6.45, 7) is 6.70. The molecule has 0 aliphatic rings. The first-order valence-corrected chi connectivity index (χ1v) is 9.00. The molecule has 0 aromatic heterocycles. The zero-order chi connectivity index (χ0) is 18.6. The highest BCUT2D eigenvalue weighted by Crippen LogP contribution is 2.16. The molecule has 0 saturated carbocycles. The Morgan fingerprint density at radius 1 is 1.08 bits per heavy atom. The number of guanidine groups is 1. The van der Waals surface area contributed by atoms with Gasteiger partial charge in [-0.2, -0.15) is 0 Å². The van der Waals surface area contributed by atoms with E-state index in [1.165, 1.54) is 0 Å². The molecule has 5 heteroatoms. The average Bonchev–Trinajstić information content (AvgIpc) is 2.66. The normalized spacial score (nSPS) is 12.5. The Morgan fingerprint density at radius 3 is 2.58 bits per heavy atom. The third-order valence-electron chi connectivity index (χ3n) is 3.71. The Bertz CT molecular complexity index is 674. The van der Waals surface area contributed by atoms with Gasteiger partial charge in [-0.05, 0) is 37.1 Å². The van der Waals surface area contributed by atoms with E-state index in [1.54, 1.807) is 7.11 Å². The minimum atomic E-state index is 0.193. The van der Waals surface area contributed by atoms with E-state index in [1.807, 2.05) is 36.4 Å². The van der Waals surface area contributed by atoms with Crippen LogP contribution >= 0.6 is 0 Å². The second kappa shape index (κ2) is 11.2. The molecule has 0 spiro atoms. The number of rotatable bonds is 9. The molecule has 0 saturated heterocycles. The van der Waals surface area contributed by atoms with Gasteiger partial charge in [0.1, 0.15) is 12.4 Å². The summed E-state index contributed by atoms with van der Waals surface area (Å²) in [6.07, 6.45) is 0. The molecule has 140 valence electrons. The van der Waals surface area contributed by atoms with Crippen molar-refractivity contribution in [3.8, 4) is 5.75 Å². The zero-order valence-electron chi connectivity index (χ0n) is 15.9. The second-order valence-corrected chi connectivity index (χ2v) is 6.12. The van der Waals surface area contributed by atoms with Crippen LogP contribution in [0.25, 0.3) is 0 Å². The Kier molecular flexibility index (Phi) is 8.49. The zero-order valence-corrected chi connectivity index (χ0v) is 15.9.